The highest BCUT2D eigenvalue weighted by molar-refractivity contribution is 5.76. The highest BCUT2D eigenvalue weighted by Crippen LogP contribution is 2.13. The lowest BCUT2D eigenvalue weighted by Crippen LogP contribution is -2.33. The van der Waals surface area contributed by atoms with Crippen LogP contribution in [0.5, 0.6) is 0 Å². The van der Waals surface area contributed by atoms with E-state index in [2.05, 4.69) is 43.0 Å². The molecule has 0 unspecified atom stereocenters. The van der Waals surface area contributed by atoms with Crippen LogP contribution in [-0.2, 0) is 11.2 Å². The van der Waals surface area contributed by atoms with Gasteiger partial charge in [0.25, 0.3) is 0 Å². The van der Waals surface area contributed by atoms with Crippen LogP contribution < -0.4 is 0 Å². The largest absolute Gasteiger partial charge is 0.343 e. The number of rotatable bonds is 23. The maximum Gasteiger partial charge on any atom is 0.222 e. The van der Waals surface area contributed by atoms with Gasteiger partial charge in [-0.25, -0.2) is 0 Å². The summed E-state index contributed by atoms with van der Waals surface area (Å²) in [6.45, 7) is 6.48. The van der Waals surface area contributed by atoms with Crippen molar-refractivity contribution in [2.24, 2.45) is 0 Å². The van der Waals surface area contributed by atoms with Crippen LogP contribution in [0.3, 0.4) is 0 Å². The van der Waals surface area contributed by atoms with Gasteiger partial charge in [-0.2, -0.15) is 0 Å². The number of nitrogens with zero attached hydrogens (tertiary/aromatic N) is 1. The summed E-state index contributed by atoms with van der Waals surface area (Å²) in [7, 11) is 0. The minimum Gasteiger partial charge on any atom is -0.343 e. The number of unbranched alkanes of at least 4 members (excludes halogenated alkanes) is 16. The zero-order valence-electron chi connectivity index (χ0n) is 22.3. The number of carbonyl (C=O) groups excluding carboxylic acids is 1. The molecular weight excluding hydrogens is 402 g/mol. The summed E-state index contributed by atoms with van der Waals surface area (Å²) in [6, 6.07) is 10.5. The Hall–Kier alpha value is -1.31. The maximum absolute atomic E-state index is 13.0. The van der Waals surface area contributed by atoms with Crippen LogP contribution in [0.2, 0.25) is 0 Å². The average molecular weight is 458 g/mol. The van der Waals surface area contributed by atoms with Gasteiger partial charge in [-0.1, -0.05) is 147 Å². The van der Waals surface area contributed by atoms with Crippen molar-refractivity contribution < 1.29 is 4.79 Å². The van der Waals surface area contributed by atoms with Gasteiger partial charge in [0.2, 0.25) is 5.91 Å². The Labute approximate surface area is 206 Å². The maximum atomic E-state index is 13.0. The normalized spacial score (nSPS) is 11.1. The van der Waals surface area contributed by atoms with E-state index in [1.165, 1.54) is 121 Å². The van der Waals surface area contributed by atoms with Crippen molar-refractivity contribution in [2.75, 3.05) is 13.1 Å². The van der Waals surface area contributed by atoms with Crippen molar-refractivity contribution in [3.63, 3.8) is 0 Å². The van der Waals surface area contributed by atoms with Crippen molar-refractivity contribution in [3.05, 3.63) is 35.9 Å². The first kappa shape index (κ1) is 29.7. The van der Waals surface area contributed by atoms with Crippen molar-refractivity contribution >= 4 is 5.91 Å². The van der Waals surface area contributed by atoms with E-state index in [4.69, 9.17) is 0 Å². The lowest BCUT2D eigenvalue weighted by molar-refractivity contribution is -0.131. The second-order valence-electron chi connectivity index (χ2n) is 10.0. The Balaban J connectivity index is 2.25. The van der Waals surface area contributed by atoms with Crippen LogP contribution in [0, 0.1) is 0 Å². The van der Waals surface area contributed by atoms with E-state index in [9.17, 15) is 4.79 Å². The lowest BCUT2D eigenvalue weighted by atomic mass is 10.1. The SMILES string of the molecule is CCCCCCCCCCCN(CCCCCCCCCCC)C(=O)CCc1ccccc1. The average Bonchev–Trinajstić information content (AvgIpc) is 2.84. The summed E-state index contributed by atoms with van der Waals surface area (Å²) in [5, 5.41) is 0. The quantitative estimate of drug-likeness (QED) is 0.150. The molecule has 190 valence electrons. The summed E-state index contributed by atoms with van der Waals surface area (Å²) in [5.41, 5.74) is 1.27. The second kappa shape index (κ2) is 22.5. The monoisotopic (exact) mass is 457 g/mol. The number of hydrogen-bond donors (Lipinski definition) is 0. The van der Waals surface area contributed by atoms with Gasteiger partial charge in [0, 0.05) is 19.5 Å². The molecule has 2 heteroatoms. The van der Waals surface area contributed by atoms with Crippen LogP contribution in [0.1, 0.15) is 141 Å². The van der Waals surface area contributed by atoms with Gasteiger partial charge in [0.1, 0.15) is 0 Å². The Morgan fingerprint density at radius 2 is 0.970 bits per heavy atom. The first-order valence-corrected chi connectivity index (χ1v) is 14.6. The molecule has 0 aliphatic rings. The van der Waals surface area contributed by atoms with Crippen molar-refractivity contribution in [1.29, 1.82) is 0 Å². The second-order valence-corrected chi connectivity index (χ2v) is 10.0. The van der Waals surface area contributed by atoms with E-state index >= 15 is 0 Å². The number of hydrogen-bond acceptors (Lipinski definition) is 1. The molecule has 0 radical (unpaired) electrons. The van der Waals surface area contributed by atoms with Gasteiger partial charge >= 0.3 is 0 Å². The lowest BCUT2D eigenvalue weighted by Gasteiger charge is -2.23. The van der Waals surface area contributed by atoms with Crippen LogP contribution in [-0.4, -0.2) is 23.9 Å². The summed E-state index contributed by atoms with van der Waals surface area (Å²) in [5.74, 6) is 0.359. The van der Waals surface area contributed by atoms with E-state index in [0.717, 1.165) is 19.5 Å². The van der Waals surface area contributed by atoms with Crippen molar-refractivity contribution in [3.8, 4) is 0 Å². The molecule has 0 aliphatic heterocycles. The molecule has 1 aromatic carbocycles. The summed E-state index contributed by atoms with van der Waals surface area (Å²) >= 11 is 0. The predicted molar refractivity (Wildman–Crippen MR) is 146 cm³/mol. The molecule has 0 saturated heterocycles. The van der Waals surface area contributed by atoms with E-state index in [1.807, 2.05) is 6.07 Å². The Morgan fingerprint density at radius 1 is 0.576 bits per heavy atom. The van der Waals surface area contributed by atoms with Gasteiger partial charge < -0.3 is 4.90 Å². The van der Waals surface area contributed by atoms with Gasteiger partial charge in [-0.05, 0) is 24.8 Å². The zero-order valence-corrected chi connectivity index (χ0v) is 22.3. The molecule has 0 aliphatic carbocycles. The van der Waals surface area contributed by atoms with Gasteiger partial charge in [-0.3, -0.25) is 4.79 Å². The number of amides is 1. The molecule has 0 spiro atoms. The standard InChI is InChI=1S/C31H55NO/c1-3-5-7-9-11-13-15-17-22-28-32(29-23-18-16-14-12-10-8-6-4-2)31(33)27-26-30-24-20-19-21-25-30/h19-21,24-25H,3-18,22-23,26-29H2,1-2H3. The molecule has 0 atom stereocenters. The first-order valence-electron chi connectivity index (χ1n) is 14.6. The molecule has 0 saturated carbocycles. The van der Waals surface area contributed by atoms with E-state index in [1.54, 1.807) is 0 Å². The number of benzene rings is 1. The third kappa shape index (κ3) is 17.8. The summed E-state index contributed by atoms with van der Waals surface area (Å²) < 4.78 is 0. The Bertz CT molecular complexity index is 519. The predicted octanol–water partition coefficient (Wildman–Crippen LogP) is 9.51. The molecule has 0 fully saturated rings. The molecule has 0 bridgehead atoms. The minimum absolute atomic E-state index is 0.359. The van der Waals surface area contributed by atoms with Crippen molar-refractivity contribution in [2.45, 2.75) is 142 Å². The minimum atomic E-state index is 0.359. The fraction of sp³-hybridized carbons (Fsp3) is 0.774. The van der Waals surface area contributed by atoms with Crippen LogP contribution in [0.25, 0.3) is 0 Å². The van der Waals surface area contributed by atoms with Crippen molar-refractivity contribution in [1.82, 2.24) is 4.90 Å². The molecule has 0 N–H and O–H groups in total. The molecule has 1 amide bonds. The number of aryl methyl sites for hydroxylation is 1. The van der Waals surface area contributed by atoms with E-state index < -0.39 is 0 Å². The third-order valence-electron chi connectivity index (χ3n) is 6.89. The molecule has 2 nitrogen and oxygen atoms in total. The van der Waals surface area contributed by atoms with E-state index in [-0.39, 0.29) is 0 Å². The smallest absolute Gasteiger partial charge is 0.222 e. The molecule has 1 aromatic rings. The van der Waals surface area contributed by atoms with Crippen LogP contribution >= 0.6 is 0 Å². The molecule has 0 aromatic heterocycles. The summed E-state index contributed by atoms with van der Waals surface area (Å²) in [4.78, 5) is 15.2. The highest BCUT2D eigenvalue weighted by atomic mass is 16.2. The number of carbonyl (C=O) groups is 1. The zero-order chi connectivity index (χ0) is 23.8. The van der Waals surface area contributed by atoms with E-state index in [0.29, 0.717) is 12.3 Å². The Morgan fingerprint density at radius 3 is 1.39 bits per heavy atom. The van der Waals surface area contributed by atoms with Gasteiger partial charge in [0.15, 0.2) is 0 Å². The third-order valence-corrected chi connectivity index (χ3v) is 6.89. The molecule has 33 heavy (non-hydrogen) atoms. The highest BCUT2D eigenvalue weighted by Gasteiger charge is 2.13. The summed E-state index contributed by atoms with van der Waals surface area (Å²) in [6.07, 6.45) is 25.6. The topological polar surface area (TPSA) is 20.3 Å². The fourth-order valence-corrected chi connectivity index (χ4v) is 4.64. The van der Waals surface area contributed by atoms with Gasteiger partial charge in [-0.15, -0.1) is 0 Å². The van der Waals surface area contributed by atoms with Crippen LogP contribution in [0.15, 0.2) is 30.3 Å². The molecular formula is C31H55NO. The first-order chi connectivity index (χ1) is 16.3. The fourth-order valence-electron chi connectivity index (χ4n) is 4.64. The van der Waals surface area contributed by atoms with Gasteiger partial charge in [0.05, 0.1) is 0 Å². The molecule has 1 rings (SSSR count). The van der Waals surface area contributed by atoms with Crippen LogP contribution in [0.4, 0.5) is 0 Å². The molecule has 0 heterocycles. The Kier molecular flexibility index (Phi) is 20.2.